The van der Waals surface area contributed by atoms with E-state index in [-0.39, 0.29) is 0 Å². The van der Waals surface area contributed by atoms with Crippen LogP contribution in [-0.2, 0) is 4.74 Å². The number of carbonyl (C=O) groups is 1. The summed E-state index contributed by atoms with van der Waals surface area (Å²) >= 11 is 11.9. The number of benzene rings is 1. The van der Waals surface area contributed by atoms with Gasteiger partial charge < -0.3 is 4.74 Å². The lowest BCUT2D eigenvalue weighted by atomic mass is 10.2. The number of aryl methyl sites for hydroxylation is 1. The van der Waals surface area contributed by atoms with E-state index in [1.54, 1.807) is 32.9 Å². The highest BCUT2D eigenvalue weighted by Gasteiger charge is 2.17. The molecular formula is C12H15Cl2NO2. The lowest BCUT2D eigenvalue weighted by molar-refractivity contribution is 0.0636. The van der Waals surface area contributed by atoms with Gasteiger partial charge in [0.05, 0.1) is 10.7 Å². The molecule has 0 atom stereocenters. The van der Waals surface area contributed by atoms with Crippen molar-refractivity contribution in [2.45, 2.75) is 33.3 Å². The van der Waals surface area contributed by atoms with E-state index in [1.165, 1.54) is 0 Å². The molecule has 5 heteroatoms. The van der Waals surface area contributed by atoms with Crippen LogP contribution in [0.15, 0.2) is 12.1 Å². The molecule has 0 fully saturated rings. The summed E-state index contributed by atoms with van der Waals surface area (Å²) in [6.07, 6.45) is -0.556. The van der Waals surface area contributed by atoms with Gasteiger partial charge in [-0.3, -0.25) is 5.32 Å². The minimum atomic E-state index is -0.556. The number of anilines is 1. The maximum absolute atomic E-state index is 11.5. The first-order valence-electron chi connectivity index (χ1n) is 5.15. The van der Waals surface area contributed by atoms with Crippen LogP contribution < -0.4 is 5.32 Å². The summed E-state index contributed by atoms with van der Waals surface area (Å²) in [5, 5.41) is 3.53. The van der Waals surface area contributed by atoms with Crippen molar-refractivity contribution < 1.29 is 9.53 Å². The molecule has 0 aliphatic carbocycles. The molecule has 0 aliphatic rings. The third-order valence-electron chi connectivity index (χ3n) is 1.88. The van der Waals surface area contributed by atoms with Gasteiger partial charge in [-0.25, -0.2) is 4.79 Å². The first kappa shape index (κ1) is 14.1. The van der Waals surface area contributed by atoms with E-state index in [2.05, 4.69) is 5.32 Å². The van der Waals surface area contributed by atoms with Gasteiger partial charge in [0.1, 0.15) is 5.60 Å². The molecule has 0 unspecified atom stereocenters. The zero-order valence-electron chi connectivity index (χ0n) is 10.2. The van der Waals surface area contributed by atoms with E-state index >= 15 is 0 Å². The minimum Gasteiger partial charge on any atom is -0.444 e. The summed E-state index contributed by atoms with van der Waals surface area (Å²) in [4.78, 5) is 11.5. The summed E-state index contributed by atoms with van der Waals surface area (Å²) in [5.41, 5.74) is 0.744. The Kier molecular flexibility index (Phi) is 4.28. The Labute approximate surface area is 111 Å². The van der Waals surface area contributed by atoms with Crippen molar-refractivity contribution in [3.63, 3.8) is 0 Å². The van der Waals surface area contributed by atoms with Crippen molar-refractivity contribution in [2.24, 2.45) is 0 Å². The predicted octanol–water partition coefficient (Wildman–Crippen LogP) is 4.65. The molecule has 1 N–H and O–H groups in total. The van der Waals surface area contributed by atoms with Crippen molar-refractivity contribution in [3.05, 3.63) is 27.7 Å². The maximum atomic E-state index is 11.5. The van der Waals surface area contributed by atoms with Crippen molar-refractivity contribution in [3.8, 4) is 0 Å². The average molecular weight is 276 g/mol. The van der Waals surface area contributed by atoms with Crippen LogP contribution in [0.5, 0.6) is 0 Å². The van der Waals surface area contributed by atoms with Crippen LogP contribution in [0, 0.1) is 6.92 Å². The molecule has 0 radical (unpaired) electrons. The third-order valence-corrected chi connectivity index (χ3v) is 2.60. The molecule has 0 heterocycles. The molecule has 17 heavy (non-hydrogen) atoms. The molecule has 1 aromatic rings. The smallest absolute Gasteiger partial charge is 0.412 e. The standard InChI is InChI=1S/C12H15Cl2NO2/c1-7-5-9(14)10(6-8(7)13)15-11(16)17-12(2,3)4/h5-6H,1-4H3,(H,15,16). The second-order valence-corrected chi connectivity index (χ2v) is 5.52. The van der Waals surface area contributed by atoms with Gasteiger partial charge in [-0.2, -0.15) is 0 Å². The first-order valence-corrected chi connectivity index (χ1v) is 5.90. The third kappa shape index (κ3) is 4.44. The van der Waals surface area contributed by atoms with Gasteiger partial charge in [-0.1, -0.05) is 23.2 Å². The summed E-state index contributed by atoms with van der Waals surface area (Å²) in [6.45, 7) is 7.20. The van der Waals surface area contributed by atoms with Gasteiger partial charge in [0.25, 0.3) is 0 Å². The quantitative estimate of drug-likeness (QED) is 0.810. The Morgan fingerprint density at radius 3 is 2.35 bits per heavy atom. The van der Waals surface area contributed by atoms with Crippen LogP contribution in [-0.4, -0.2) is 11.7 Å². The molecule has 0 saturated carbocycles. The highest BCUT2D eigenvalue weighted by Crippen LogP contribution is 2.29. The van der Waals surface area contributed by atoms with Crippen LogP contribution in [0.1, 0.15) is 26.3 Å². The van der Waals surface area contributed by atoms with Gasteiger partial charge in [0, 0.05) is 5.02 Å². The Bertz CT molecular complexity index is 439. The molecule has 3 nitrogen and oxygen atoms in total. The fraction of sp³-hybridized carbons (Fsp3) is 0.417. The highest BCUT2D eigenvalue weighted by atomic mass is 35.5. The summed E-state index contributed by atoms with van der Waals surface area (Å²) in [6, 6.07) is 3.29. The van der Waals surface area contributed by atoms with Crippen molar-refractivity contribution in [1.29, 1.82) is 0 Å². The molecular weight excluding hydrogens is 261 g/mol. The van der Waals surface area contributed by atoms with E-state index < -0.39 is 11.7 Å². The maximum Gasteiger partial charge on any atom is 0.412 e. The second-order valence-electron chi connectivity index (χ2n) is 4.71. The van der Waals surface area contributed by atoms with Crippen LogP contribution in [0.4, 0.5) is 10.5 Å². The lowest BCUT2D eigenvalue weighted by Crippen LogP contribution is -2.27. The number of rotatable bonds is 1. The van der Waals surface area contributed by atoms with E-state index in [0.717, 1.165) is 5.56 Å². The number of hydrogen-bond donors (Lipinski definition) is 1. The van der Waals surface area contributed by atoms with Gasteiger partial charge in [-0.05, 0) is 45.4 Å². The Morgan fingerprint density at radius 1 is 1.24 bits per heavy atom. The second kappa shape index (κ2) is 5.15. The van der Waals surface area contributed by atoms with Crippen molar-refractivity contribution in [1.82, 2.24) is 0 Å². The van der Waals surface area contributed by atoms with E-state index in [4.69, 9.17) is 27.9 Å². The molecule has 0 spiro atoms. The normalized spacial score (nSPS) is 11.2. The van der Waals surface area contributed by atoms with Gasteiger partial charge in [0.15, 0.2) is 0 Å². The highest BCUT2D eigenvalue weighted by molar-refractivity contribution is 6.36. The zero-order valence-corrected chi connectivity index (χ0v) is 11.7. The summed E-state index contributed by atoms with van der Waals surface area (Å²) in [7, 11) is 0. The Morgan fingerprint density at radius 2 is 1.82 bits per heavy atom. The minimum absolute atomic E-state index is 0.428. The number of carbonyl (C=O) groups excluding carboxylic acids is 1. The molecule has 0 aromatic heterocycles. The van der Waals surface area contributed by atoms with Gasteiger partial charge >= 0.3 is 6.09 Å². The Balaban J connectivity index is 2.82. The fourth-order valence-electron chi connectivity index (χ4n) is 1.16. The van der Waals surface area contributed by atoms with Crippen molar-refractivity contribution in [2.75, 3.05) is 5.32 Å². The number of amides is 1. The molecule has 0 saturated heterocycles. The average Bonchev–Trinajstić information content (AvgIpc) is 2.11. The topological polar surface area (TPSA) is 38.3 Å². The lowest BCUT2D eigenvalue weighted by Gasteiger charge is -2.20. The van der Waals surface area contributed by atoms with Crippen LogP contribution >= 0.6 is 23.2 Å². The fourth-order valence-corrected chi connectivity index (χ4v) is 1.58. The number of halogens is 2. The predicted molar refractivity (Wildman–Crippen MR) is 71.1 cm³/mol. The molecule has 1 amide bonds. The van der Waals surface area contributed by atoms with E-state index in [9.17, 15) is 4.79 Å². The molecule has 1 aromatic carbocycles. The van der Waals surface area contributed by atoms with E-state index in [0.29, 0.717) is 15.7 Å². The summed E-state index contributed by atoms with van der Waals surface area (Å²) < 4.78 is 5.11. The largest absolute Gasteiger partial charge is 0.444 e. The summed E-state index contributed by atoms with van der Waals surface area (Å²) in [5.74, 6) is 0. The molecule has 0 aliphatic heterocycles. The number of hydrogen-bond acceptors (Lipinski definition) is 2. The number of nitrogens with one attached hydrogen (secondary N) is 1. The monoisotopic (exact) mass is 275 g/mol. The van der Waals surface area contributed by atoms with Crippen molar-refractivity contribution >= 4 is 35.0 Å². The molecule has 94 valence electrons. The van der Waals surface area contributed by atoms with Gasteiger partial charge in [-0.15, -0.1) is 0 Å². The SMILES string of the molecule is Cc1cc(Cl)c(NC(=O)OC(C)(C)C)cc1Cl. The molecule has 1 rings (SSSR count). The van der Waals surface area contributed by atoms with Crippen LogP contribution in [0.2, 0.25) is 10.0 Å². The van der Waals surface area contributed by atoms with Crippen LogP contribution in [0.3, 0.4) is 0 Å². The van der Waals surface area contributed by atoms with Gasteiger partial charge in [0.2, 0.25) is 0 Å². The van der Waals surface area contributed by atoms with Crippen LogP contribution in [0.25, 0.3) is 0 Å². The zero-order chi connectivity index (χ0) is 13.2. The Hall–Kier alpha value is -0.930. The van der Waals surface area contributed by atoms with E-state index in [1.807, 2.05) is 6.92 Å². The number of ether oxygens (including phenoxy) is 1. The molecule has 0 bridgehead atoms. The first-order chi connectivity index (χ1) is 7.69.